The Balaban J connectivity index is 1.29. The van der Waals surface area contributed by atoms with Crippen LogP contribution < -0.4 is 0 Å². The second-order valence-electron chi connectivity index (χ2n) is 8.59. The van der Waals surface area contributed by atoms with E-state index in [0.717, 1.165) is 19.3 Å². The molecule has 1 saturated carbocycles. The van der Waals surface area contributed by atoms with Gasteiger partial charge in [-0.15, -0.1) is 23.1 Å². The number of thioether (sulfide) groups is 1. The van der Waals surface area contributed by atoms with Gasteiger partial charge in [0.05, 0.1) is 11.3 Å². The summed E-state index contributed by atoms with van der Waals surface area (Å²) < 4.78 is 5.37. The second kappa shape index (κ2) is 11.2. The smallest absolute Gasteiger partial charge is 0.339 e. The van der Waals surface area contributed by atoms with Crippen LogP contribution in [0.3, 0.4) is 0 Å². The number of hydrogen-bond donors (Lipinski definition) is 0. The molecule has 0 radical (unpaired) electrons. The molecular formula is C25H30N2O4S2. The summed E-state index contributed by atoms with van der Waals surface area (Å²) in [5.41, 5.74) is 1.57. The van der Waals surface area contributed by atoms with Crippen molar-refractivity contribution >= 4 is 40.9 Å². The SMILES string of the molecule is CN(C(=O)CSc1ccccc1C(=O)OCC(=O)N1CCc2sccc2C1)C1CCCCC1. The number of ether oxygens (including phenoxy) is 1. The summed E-state index contributed by atoms with van der Waals surface area (Å²) >= 11 is 3.06. The van der Waals surface area contributed by atoms with Crippen molar-refractivity contribution < 1.29 is 19.1 Å². The van der Waals surface area contributed by atoms with E-state index < -0.39 is 5.97 Å². The van der Waals surface area contributed by atoms with E-state index in [2.05, 4.69) is 0 Å². The minimum Gasteiger partial charge on any atom is -0.452 e. The van der Waals surface area contributed by atoms with Gasteiger partial charge < -0.3 is 14.5 Å². The van der Waals surface area contributed by atoms with Gasteiger partial charge in [0.25, 0.3) is 5.91 Å². The van der Waals surface area contributed by atoms with Gasteiger partial charge in [-0.05, 0) is 48.4 Å². The quantitative estimate of drug-likeness (QED) is 0.429. The lowest BCUT2D eigenvalue weighted by molar-refractivity contribution is -0.135. The lowest BCUT2D eigenvalue weighted by Gasteiger charge is -2.31. The van der Waals surface area contributed by atoms with Crippen molar-refractivity contribution in [3.05, 3.63) is 51.7 Å². The van der Waals surface area contributed by atoms with Crippen molar-refractivity contribution in [3.8, 4) is 0 Å². The molecule has 1 aliphatic carbocycles. The Bertz CT molecular complexity index is 1000. The van der Waals surface area contributed by atoms with Gasteiger partial charge in [-0.3, -0.25) is 9.59 Å². The third-order valence-electron chi connectivity index (χ3n) is 6.46. The predicted octanol–water partition coefficient (Wildman–Crippen LogP) is 4.37. The van der Waals surface area contributed by atoms with Crippen molar-refractivity contribution in [2.75, 3.05) is 26.0 Å². The number of hydrogen-bond acceptors (Lipinski definition) is 6. The highest BCUT2D eigenvalue weighted by atomic mass is 32.2. The first-order chi connectivity index (χ1) is 16.0. The van der Waals surface area contributed by atoms with Crippen LogP contribution in [-0.2, 0) is 27.3 Å². The molecule has 1 fully saturated rings. The molecule has 0 bridgehead atoms. The Hall–Kier alpha value is -2.32. The van der Waals surface area contributed by atoms with Crippen molar-refractivity contribution in [1.82, 2.24) is 9.80 Å². The molecule has 8 heteroatoms. The van der Waals surface area contributed by atoms with Crippen LogP contribution in [0, 0.1) is 0 Å². The molecule has 176 valence electrons. The summed E-state index contributed by atoms with van der Waals surface area (Å²) in [6.45, 7) is 0.936. The Morgan fingerprint density at radius 2 is 1.94 bits per heavy atom. The third-order valence-corrected chi connectivity index (χ3v) is 8.54. The van der Waals surface area contributed by atoms with Gasteiger partial charge in [0, 0.05) is 36.0 Å². The first-order valence-electron chi connectivity index (χ1n) is 11.5. The van der Waals surface area contributed by atoms with Crippen LogP contribution in [0.25, 0.3) is 0 Å². The van der Waals surface area contributed by atoms with Gasteiger partial charge in [-0.1, -0.05) is 31.4 Å². The number of fused-ring (bicyclic) bond motifs is 1. The fraction of sp³-hybridized carbons (Fsp3) is 0.480. The standard InChI is InChI=1S/C25H30N2O4S2/c1-26(19-7-3-2-4-8-19)24(29)17-33-22-10-6-5-9-20(22)25(30)31-16-23(28)27-13-11-21-18(15-27)12-14-32-21/h5-6,9-10,12,14,19H,2-4,7-8,11,13,15-17H2,1H3. The first kappa shape index (κ1) is 23.8. The summed E-state index contributed by atoms with van der Waals surface area (Å²) in [6, 6.07) is 9.47. The molecule has 2 amide bonds. The van der Waals surface area contributed by atoms with E-state index >= 15 is 0 Å². The third kappa shape index (κ3) is 5.98. The van der Waals surface area contributed by atoms with Crippen LogP contribution in [0.15, 0.2) is 40.6 Å². The molecule has 0 spiro atoms. The van der Waals surface area contributed by atoms with Crippen molar-refractivity contribution in [2.45, 2.75) is 56.0 Å². The van der Waals surface area contributed by atoms with Gasteiger partial charge in [0.15, 0.2) is 6.61 Å². The van der Waals surface area contributed by atoms with Gasteiger partial charge in [0.2, 0.25) is 5.91 Å². The highest BCUT2D eigenvalue weighted by Crippen LogP contribution is 2.27. The average Bonchev–Trinajstić information content (AvgIpc) is 3.34. The minimum atomic E-state index is -0.534. The molecular weight excluding hydrogens is 456 g/mol. The molecule has 0 atom stereocenters. The largest absolute Gasteiger partial charge is 0.452 e. The fourth-order valence-electron chi connectivity index (χ4n) is 4.43. The maximum Gasteiger partial charge on any atom is 0.339 e. The molecule has 2 heterocycles. The number of rotatable bonds is 7. The number of carbonyl (C=O) groups excluding carboxylic acids is 3. The van der Waals surface area contributed by atoms with E-state index in [1.807, 2.05) is 35.5 Å². The first-order valence-corrected chi connectivity index (χ1v) is 13.4. The average molecular weight is 487 g/mol. The van der Waals surface area contributed by atoms with Crippen LogP contribution in [-0.4, -0.2) is 59.6 Å². The summed E-state index contributed by atoms with van der Waals surface area (Å²) in [5, 5.41) is 2.05. The second-order valence-corrected chi connectivity index (χ2v) is 10.6. The highest BCUT2D eigenvalue weighted by molar-refractivity contribution is 8.00. The van der Waals surface area contributed by atoms with Crippen LogP contribution >= 0.6 is 23.1 Å². The molecule has 1 aliphatic heterocycles. The normalized spacial score (nSPS) is 16.2. The van der Waals surface area contributed by atoms with Crippen LogP contribution in [0.1, 0.15) is 52.9 Å². The fourth-order valence-corrected chi connectivity index (χ4v) is 6.29. The molecule has 4 rings (SSSR count). The molecule has 0 N–H and O–H groups in total. The Morgan fingerprint density at radius 3 is 2.76 bits per heavy atom. The van der Waals surface area contributed by atoms with Crippen LogP contribution in [0.5, 0.6) is 0 Å². The predicted molar refractivity (Wildman–Crippen MR) is 131 cm³/mol. The zero-order valence-corrected chi connectivity index (χ0v) is 20.6. The Morgan fingerprint density at radius 1 is 1.15 bits per heavy atom. The Labute approximate surface area is 203 Å². The van der Waals surface area contributed by atoms with E-state index in [4.69, 9.17) is 4.74 Å². The maximum absolute atomic E-state index is 12.7. The van der Waals surface area contributed by atoms with Gasteiger partial charge in [0.1, 0.15) is 0 Å². The molecule has 33 heavy (non-hydrogen) atoms. The lowest BCUT2D eigenvalue weighted by Crippen LogP contribution is -2.39. The van der Waals surface area contributed by atoms with E-state index in [0.29, 0.717) is 29.6 Å². The zero-order chi connectivity index (χ0) is 23.2. The number of nitrogens with zero attached hydrogens (tertiary/aromatic N) is 2. The van der Waals surface area contributed by atoms with E-state index in [1.54, 1.807) is 28.4 Å². The van der Waals surface area contributed by atoms with Gasteiger partial charge in [-0.2, -0.15) is 0 Å². The summed E-state index contributed by atoms with van der Waals surface area (Å²) in [6.07, 6.45) is 6.57. The molecule has 6 nitrogen and oxygen atoms in total. The van der Waals surface area contributed by atoms with E-state index in [1.165, 1.54) is 41.5 Å². The lowest BCUT2D eigenvalue weighted by atomic mass is 9.94. The van der Waals surface area contributed by atoms with Crippen molar-refractivity contribution in [3.63, 3.8) is 0 Å². The highest BCUT2D eigenvalue weighted by Gasteiger charge is 2.24. The van der Waals surface area contributed by atoms with Crippen LogP contribution in [0.4, 0.5) is 0 Å². The number of benzene rings is 1. The molecule has 2 aromatic rings. The molecule has 0 unspecified atom stereocenters. The van der Waals surface area contributed by atoms with Gasteiger partial charge in [-0.25, -0.2) is 4.79 Å². The number of thiophene rings is 1. The maximum atomic E-state index is 12.7. The Kier molecular flexibility index (Phi) is 8.09. The van der Waals surface area contributed by atoms with Crippen molar-refractivity contribution in [2.24, 2.45) is 0 Å². The van der Waals surface area contributed by atoms with Crippen molar-refractivity contribution in [1.29, 1.82) is 0 Å². The number of carbonyl (C=O) groups is 3. The number of amides is 2. The molecule has 1 aromatic carbocycles. The number of esters is 1. The summed E-state index contributed by atoms with van der Waals surface area (Å²) in [4.78, 5) is 43.6. The van der Waals surface area contributed by atoms with Gasteiger partial charge >= 0.3 is 5.97 Å². The molecule has 1 aromatic heterocycles. The zero-order valence-electron chi connectivity index (χ0n) is 19.0. The summed E-state index contributed by atoms with van der Waals surface area (Å²) in [7, 11) is 1.88. The topological polar surface area (TPSA) is 66.9 Å². The molecule has 0 saturated heterocycles. The monoisotopic (exact) mass is 486 g/mol. The van der Waals surface area contributed by atoms with Crippen LogP contribution in [0.2, 0.25) is 0 Å². The van der Waals surface area contributed by atoms with E-state index in [-0.39, 0.29) is 24.2 Å². The van der Waals surface area contributed by atoms with E-state index in [9.17, 15) is 14.4 Å². The minimum absolute atomic E-state index is 0.0724. The molecule has 2 aliphatic rings. The summed E-state index contributed by atoms with van der Waals surface area (Å²) in [5.74, 6) is -0.377.